The summed E-state index contributed by atoms with van der Waals surface area (Å²) in [6.07, 6.45) is 2.99. The van der Waals surface area contributed by atoms with Crippen LogP contribution in [0.15, 0.2) is 24.3 Å². The molecule has 0 atom stereocenters. The van der Waals surface area contributed by atoms with E-state index in [4.69, 9.17) is 0 Å². The van der Waals surface area contributed by atoms with E-state index < -0.39 is 6.03 Å². The summed E-state index contributed by atoms with van der Waals surface area (Å²) in [7, 11) is 0. The number of hydrazine groups is 1. The summed E-state index contributed by atoms with van der Waals surface area (Å²) in [5.74, 6) is -0.211. The molecule has 1 aromatic carbocycles. The fraction of sp³-hybridized carbons (Fsp3) is 0.333. The molecule has 23 heavy (non-hydrogen) atoms. The van der Waals surface area contributed by atoms with E-state index >= 15 is 0 Å². The highest BCUT2D eigenvalue weighted by Crippen LogP contribution is 2.21. The maximum atomic E-state index is 12.2. The second-order valence-electron chi connectivity index (χ2n) is 5.22. The van der Waals surface area contributed by atoms with Crippen molar-refractivity contribution in [2.45, 2.75) is 32.7 Å². The number of anilines is 1. The topological polar surface area (TPSA) is 87.2 Å². The molecule has 0 saturated heterocycles. The van der Waals surface area contributed by atoms with Crippen LogP contribution in [0.3, 0.4) is 0 Å². The average Bonchev–Trinajstić information content (AvgIpc) is 3.11. The molecule has 0 spiro atoms. The Hall–Kier alpha value is -2.48. The summed E-state index contributed by atoms with van der Waals surface area (Å²) in [5, 5.41) is 13.2. The SMILES string of the molecule is CCCCc1nnc(NC(=O)NN2Cc3ccccc3C2=O)s1. The second-order valence-corrected chi connectivity index (χ2v) is 6.28. The Morgan fingerprint density at radius 1 is 1.35 bits per heavy atom. The van der Waals surface area contributed by atoms with Gasteiger partial charge in [0.15, 0.2) is 0 Å². The van der Waals surface area contributed by atoms with Crippen molar-refractivity contribution >= 4 is 28.4 Å². The van der Waals surface area contributed by atoms with Crippen LogP contribution in [0.2, 0.25) is 0 Å². The number of amides is 3. The predicted octanol–water partition coefficient (Wildman–Crippen LogP) is 2.57. The number of aryl methyl sites for hydroxylation is 1. The van der Waals surface area contributed by atoms with Gasteiger partial charge in [0.25, 0.3) is 5.91 Å². The Balaban J connectivity index is 1.56. The first-order valence-corrected chi connectivity index (χ1v) is 8.29. The average molecular weight is 331 g/mol. The lowest BCUT2D eigenvalue weighted by atomic mass is 10.1. The van der Waals surface area contributed by atoms with Gasteiger partial charge < -0.3 is 0 Å². The fourth-order valence-corrected chi connectivity index (χ4v) is 3.10. The van der Waals surface area contributed by atoms with Gasteiger partial charge in [0.1, 0.15) is 5.01 Å². The molecular formula is C15H17N5O2S. The summed E-state index contributed by atoms with van der Waals surface area (Å²) in [6.45, 7) is 2.47. The van der Waals surface area contributed by atoms with Crippen molar-refractivity contribution in [3.05, 3.63) is 40.4 Å². The Labute approximate surface area is 137 Å². The van der Waals surface area contributed by atoms with Crippen molar-refractivity contribution in [3.63, 3.8) is 0 Å². The van der Waals surface area contributed by atoms with Gasteiger partial charge in [0.05, 0.1) is 6.54 Å². The molecule has 1 aliphatic rings. The molecule has 120 valence electrons. The number of nitrogens with zero attached hydrogens (tertiary/aromatic N) is 3. The van der Waals surface area contributed by atoms with E-state index in [9.17, 15) is 9.59 Å². The zero-order chi connectivity index (χ0) is 16.2. The van der Waals surface area contributed by atoms with Crippen LogP contribution >= 0.6 is 11.3 Å². The van der Waals surface area contributed by atoms with Crippen molar-refractivity contribution in [2.24, 2.45) is 0 Å². The van der Waals surface area contributed by atoms with E-state index in [0.29, 0.717) is 17.2 Å². The number of hydrogen-bond acceptors (Lipinski definition) is 5. The Morgan fingerprint density at radius 3 is 2.96 bits per heavy atom. The van der Waals surface area contributed by atoms with Crippen LogP contribution in [-0.4, -0.2) is 27.1 Å². The minimum atomic E-state index is -0.496. The summed E-state index contributed by atoms with van der Waals surface area (Å²) >= 11 is 1.35. The predicted molar refractivity (Wildman–Crippen MR) is 87.0 cm³/mol. The van der Waals surface area contributed by atoms with Crippen LogP contribution in [-0.2, 0) is 13.0 Å². The molecule has 0 fully saturated rings. The highest BCUT2D eigenvalue weighted by Gasteiger charge is 2.28. The van der Waals surface area contributed by atoms with Crippen LogP contribution in [0.1, 0.15) is 40.7 Å². The molecule has 2 aromatic rings. The van der Waals surface area contributed by atoms with Gasteiger partial charge in [-0.3, -0.25) is 10.1 Å². The lowest BCUT2D eigenvalue weighted by molar-refractivity contribution is 0.0713. The van der Waals surface area contributed by atoms with Crippen molar-refractivity contribution in [2.75, 3.05) is 5.32 Å². The smallest absolute Gasteiger partial charge is 0.281 e. The molecule has 1 aromatic heterocycles. The molecular weight excluding hydrogens is 314 g/mol. The first-order valence-electron chi connectivity index (χ1n) is 7.47. The molecule has 0 bridgehead atoms. The van der Waals surface area contributed by atoms with Crippen LogP contribution in [0, 0.1) is 0 Å². The number of unbranched alkanes of at least 4 members (excludes halogenated alkanes) is 1. The van der Waals surface area contributed by atoms with Crippen molar-refractivity contribution in [3.8, 4) is 0 Å². The van der Waals surface area contributed by atoms with Gasteiger partial charge in [-0.2, -0.15) is 0 Å². The minimum absolute atomic E-state index is 0.211. The van der Waals surface area contributed by atoms with Gasteiger partial charge in [-0.05, 0) is 18.1 Å². The highest BCUT2D eigenvalue weighted by molar-refractivity contribution is 7.15. The molecule has 8 heteroatoms. The number of nitrogens with one attached hydrogen (secondary N) is 2. The molecule has 0 aliphatic carbocycles. The minimum Gasteiger partial charge on any atom is -0.281 e. The third kappa shape index (κ3) is 3.48. The molecule has 1 aliphatic heterocycles. The second kappa shape index (κ2) is 6.74. The van der Waals surface area contributed by atoms with Gasteiger partial charge in [0.2, 0.25) is 5.13 Å². The molecule has 7 nitrogen and oxygen atoms in total. The van der Waals surface area contributed by atoms with Gasteiger partial charge in [-0.1, -0.05) is 42.9 Å². The third-order valence-electron chi connectivity index (χ3n) is 3.49. The van der Waals surface area contributed by atoms with E-state index in [2.05, 4.69) is 27.9 Å². The molecule has 0 radical (unpaired) electrons. The Morgan fingerprint density at radius 2 is 2.17 bits per heavy atom. The van der Waals surface area contributed by atoms with E-state index in [0.717, 1.165) is 29.8 Å². The fourth-order valence-electron chi connectivity index (χ4n) is 2.33. The van der Waals surface area contributed by atoms with Crippen LogP contribution in [0.4, 0.5) is 9.93 Å². The van der Waals surface area contributed by atoms with Gasteiger partial charge in [-0.15, -0.1) is 10.2 Å². The Kier molecular flexibility index (Phi) is 4.52. The Bertz CT molecular complexity index is 730. The molecule has 0 unspecified atom stereocenters. The molecule has 3 amide bonds. The van der Waals surface area contributed by atoms with E-state index in [-0.39, 0.29) is 5.91 Å². The van der Waals surface area contributed by atoms with E-state index in [1.807, 2.05) is 12.1 Å². The van der Waals surface area contributed by atoms with Gasteiger partial charge in [0, 0.05) is 12.0 Å². The molecule has 2 heterocycles. The van der Waals surface area contributed by atoms with Crippen LogP contribution in [0.25, 0.3) is 0 Å². The van der Waals surface area contributed by atoms with E-state index in [1.165, 1.54) is 16.3 Å². The number of hydrogen-bond donors (Lipinski definition) is 2. The maximum Gasteiger partial charge on any atom is 0.339 e. The van der Waals surface area contributed by atoms with Crippen molar-refractivity contribution < 1.29 is 9.59 Å². The normalized spacial score (nSPS) is 13.1. The van der Waals surface area contributed by atoms with Crippen molar-refractivity contribution in [1.82, 2.24) is 20.6 Å². The third-order valence-corrected chi connectivity index (χ3v) is 4.39. The standard InChI is InChI=1S/C15H17N5O2S/c1-2-3-8-12-17-18-15(23-12)16-14(22)19-20-9-10-6-4-5-7-11(10)13(20)21/h4-7H,2-3,8-9H2,1H3,(H2,16,18,19,22). The monoisotopic (exact) mass is 331 g/mol. The number of carbonyl (C=O) groups is 2. The molecule has 0 saturated carbocycles. The summed E-state index contributed by atoms with van der Waals surface area (Å²) in [5.41, 5.74) is 4.06. The molecule has 3 rings (SSSR count). The number of rotatable bonds is 5. The molecule has 2 N–H and O–H groups in total. The quantitative estimate of drug-likeness (QED) is 0.881. The number of urea groups is 1. The number of aromatic nitrogens is 2. The van der Waals surface area contributed by atoms with Crippen LogP contribution in [0.5, 0.6) is 0 Å². The summed E-state index contributed by atoms with van der Waals surface area (Å²) in [6, 6.07) is 6.80. The number of carbonyl (C=O) groups excluding carboxylic acids is 2. The van der Waals surface area contributed by atoms with Crippen LogP contribution < -0.4 is 10.7 Å². The van der Waals surface area contributed by atoms with Gasteiger partial charge >= 0.3 is 6.03 Å². The van der Waals surface area contributed by atoms with E-state index in [1.54, 1.807) is 12.1 Å². The maximum absolute atomic E-state index is 12.2. The largest absolute Gasteiger partial charge is 0.339 e. The van der Waals surface area contributed by atoms with Gasteiger partial charge in [-0.25, -0.2) is 15.2 Å². The highest BCUT2D eigenvalue weighted by atomic mass is 32.1. The first-order chi connectivity index (χ1) is 11.2. The summed E-state index contributed by atoms with van der Waals surface area (Å²) in [4.78, 5) is 24.2. The zero-order valence-electron chi connectivity index (χ0n) is 12.7. The zero-order valence-corrected chi connectivity index (χ0v) is 13.5. The lowest BCUT2D eigenvalue weighted by Gasteiger charge is -2.16. The van der Waals surface area contributed by atoms with Crippen molar-refractivity contribution in [1.29, 1.82) is 0 Å². The number of fused-ring (bicyclic) bond motifs is 1. The number of benzene rings is 1. The first kappa shape index (κ1) is 15.4. The lowest BCUT2D eigenvalue weighted by Crippen LogP contribution is -2.44. The summed E-state index contributed by atoms with van der Waals surface area (Å²) < 4.78 is 0.